The topological polar surface area (TPSA) is 35.2 Å². The third-order valence-electron chi connectivity index (χ3n) is 3.03. The molecule has 0 aliphatic heterocycles. The molecule has 0 radical (unpaired) electrons. The molecule has 2 nitrogen and oxygen atoms in total. The zero-order chi connectivity index (χ0) is 13.1. The maximum absolute atomic E-state index is 6.38. The molecule has 0 saturated carbocycles. The molecule has 0 aliphatic rings. The van der Waals surface area contributed by atoms with Crippen molar-refractivity contribution < 1.29 is 4.74 Å². The van der Waals surface area contributed by atoms with Crippen molar-refractivity contribution in [3.63, 3.8) is 0 Å². The van der Waals surface area contributed by atoms with Crippen molar-refractivity contribution in [1.29, 1.82) is 0 Å². The molecule has 0 fully saturated rings. The highest BCUT2D eigenvalue weighted by molar-refractivity contribution is 14.1. The van der Waals surface area contributed by atoms with Gasteiger partial charge >= 0.3 is 0 Å². The summed E-state index contributed by atoms with van der Waals surface area (Å²) < 4.78 is 6.59. The van der Waals surface area contributed by atoms with Crippen LogP contribution in [0, 0.1) is 10.5 Å². The van der Waals surface area contributed by atoms with E-state index in [-0.39, 0.29) is 6.04 Å². The molecule has 0 aliphatic carbocycles. The van der Waals surface area contributed by atoms with Crippen LogP contribution >= 0.6 is 22.6 Å². The van der Waals surface area contributed by atoms with Crippen LogP contribution in [0.5, 0.6) is 5.75 Å². The van der Waals surface area contributed by atoms with Gasteiger partial charge in [0.2, 0.25) is 0 Å². The first-order valence-electron chi connectivity index (χ1n) is 5.78. The predicted octanol–water partition coefficient (Wildman–Crippen LogP) is 3.66. The van der Waals surface area contributed by atoms with E-state index in [1.165, 1.54) is 9.13 Å². The SMILES string of the molecule is COc1ccccc1C(N)c1cccc(C)c1I. The van der Waals surface area contributed by atoms with Crippen LogP contribution < -0.4 is 10.5 Å². The summed E-state index contributed by atoms with van der Waals surface area (Å²) >= 11 is 2.35. The molecule has 0 aromatic heterocycles. The van der Waals surface area contributed by atoms with E-state index in [9.17, 15) is 0 Å². The van der Waals surface area contributed by atoms with Crippen LogP contribution in [0.4, 0.5) is 0 Å². The maximum Gasteiger partial charge on any atom is 0.123 e. The molecule has 0 spiro atoms. The molecule has 1 unspecified atom stereocenters. The van der Waals surface area contributed by atoms with E-state index < -0.39 is 0 Å². The lowest BCUT2D eigenvalue weighted by molar-refractivity contribution is 0.408. The Morgan fingerprint density at radius 1 is 1.06 bits per heavy atom. The first-order valence-corrected chi connectivity index (χ1v) is 6.86. The summed E-state index contributed by atoms with van der Waals surface area (Å²) in [6.45, 7) is 2.10. The van der Waals surface area contributed by atoms with E-state index in [2.05, 4.69) is 41.6 Å². The minimum absolute atomic E-state index is 0.159. The third kappa shape index (κ3) is 2.52. The normalized spacial score (nSPS) is 12.2. The number of methoxy groups -OCH3 is 1. The molecule has 0 bridgehead atoms. The Kier molecular flexibility index (Phi) is 4.24. The molecular weight excluding hydrogens is 337 g/mol. The van der Waals surface area contributed by atoms with Crippen LogP contribution in [0.3, 0.4) is 0 Å². The van der Waals surface area contributed by atoms with Crippen LogP contribution in [0.15, 0.2) is 42.5 Å². The number of hydrogen-bond acceptors (Lipinski definition) is 2. The van der Waals surface area contributed by atoms with Gasteiger partial charge in [0.25, 0.3) is 0 Å². The number of nitrogens with two attached hydrogens (primary N) is 1. The van der Waals surface area contributed by atoms with Crippen molar-refractivity contribution in [3.8, 4) is 5.75 Å². The first kappa shape index (κ1) is 13.4. The van der Waals surface area contributed by atoms with Crippen molar-refractivity contribution in [2.45, 2.75) is 13.0 Å². The van der Waals surface area contributed by atoms with E-state index in [1.807, 2.05) is 30.3 Å². The van der Waals surface area contributed by atoms with Crippen molar-refractivity contribution in [3.05, 3.63) is 62.7 Å². The number of benzene rings is 2. The fourth-order valence-electron chi connectivity index (χ4n) is 2.00. The summed E-state index contributed by atoms with van der Waals surface area (Å²) in [5.74, 6) is 0.835. The van der Waals surface area contributed by atoms with Gasteiger partial charge in [-0.05, 0) is 46.7 Å². The zero-order valence-electron chi connectivity index (χ0n) is 10.5. The number of ether oxygens (including phenoxy) is 1. The summed E-state index contributed by atoms with van der Waals surface area (Å²) in [6, 6.07) is 14.0. The van der Waals surface area contributed by atoms with Gasteiger partial charge in [0, 0.05) is 9.13 Å². The van der Waals surface area contributed by atoms with Gasteiger partial charge in [0.05, 0.1) is 13.2 Å². The summed E-state index contributed by atoms with van der Waals surface area (Å²) in [5, 5.41) is 0. The Morgan fingerprint density at radius 3 is 2.44 bits per heavy atom. The molecule has 0 amide bonds. The number of aryl methyl sites for hydroxylation is 1. The molecule has 1 atom stereocenters. The molecule has 3 heteroatoms. The van der Waals surface area contributed by atoms with Gasteiger partial charge in [-0.15, -0.1) is 0 Å². The van der Waals surface area contributed by atoms with Gasteiger partial charge < -0.3 is 10.5 Å². The quantitative estimate of drug-likeness (QED) is 0.855. The van der Waals surface area contributed by atoms with Crippen molar-refractivity contribution >= 4 is 22.6 Å². The minimum Gasteiger partial charge on any atom is -0.496 e. The number of halogens is 1. The Labute approximate surface area is 121 Å². The Balaban J connectivity index is 2.48. The number of para-hydroxylation sites is 1. The van der Waals surface area contributed by atoms with Crippen molar-refractivity contribution in [1.82, 2.24) is 0 Å². The standard InChI is InChI=1S/C15H16INO/c1-10-6-5-8-12(14(10)16)15(17)11-7-3-4-9-13(11)18-2/h3-9,15H,17H2,1-2H3. The highest BCUT2D eigenvalue weighted by Crippen LogP contribution is 2.31. The van der Waals surface area contributed by atoms with E-state index in [1.54, 1.807) is 7.11 Å². The second-order valence-corrected chi connectivity index (χ2v) is 5.28. The van der Waals surface area contributed by atoms with Crippen LogP contribution in [0.2, 0.25) is 0 Å². The average molecular weight is 353 g/mol. The monoisotopic (exact) mass is 353 g/mol. The highest BCUT2D eigenvalue weighted by Gasteiger charge is 2.16. The summed E-state index contributed by atoms with van der Waals surface area (Å²) in [5.41, 5.74) is 9.78. The Morgan fingerprint density at radius 2 is 1.72 bits per heavy atom. The van der Waals surface area contributed by atoms with Gasteiger partial charge in [-0.1, -0.05) is 36.4 Å². The van der Waals surface area contributed by atoms with E-state index in [0.717, 1.165) is 16.9 Å². The van der Waals surface area contributed by atoms with Gasteiger partial charge in [0.1, 0.15) is 5.75 Å². The van der Waals surface area contributed by atoms with Gasteiger partial charge in [-0.2, -0.15) is 0 Å². The number of rotatable bonds is 3. The summed E-state index contributed by atoms with van der Waals surface area (Å²) in [4.78, 5) is 0. The maximum atomic E-state index is 6.38. The van der Waals surface area contributed by atoms with E-state index >= 15 is 0 Å². The lowest BCUT2D eigenvalue weighted by Crippen LogP contribution is -2.14. The summed E-state index contributed by atoms with van der Waals surface area (Å²) in [6.07, 6.45) is 0. The first-order chi connectivity index (χ1) is 8.65. The second kappa shape index (κ2) is 5.71. The number of hydrogen-bond donors (Lipinski definition) is 1. The smallest absolute Gasteiger partial charge is 0.123 e. The molecule has 94 valence electrons. The van der Waals surface area contributed by atoms with Gasteiger partial charge in [-0.25, -0.2) is 0 Å². The molecule has 2 aromatic rings. The second-order valence-electron chi connectivity index (χ2n) is 4.20. The van der Waals surface area contributed by atoms with E-state index in [4.69, 9.17) is 10.5 Å². The largest absolute Gasteiger partial charge is 0.496 e. The Bertz CT molecular complexity index is 554. The predicted molar refractivity (Wildman–Crippen MR) is 82.9 cm³/mol. The van der Waals surface area contributed by atoms with Crippen LogP contribution in [-0.2, 0) is 0 Å². The highest BCUT2D eigenvalue weighted by atomic mass is 127. The van der Waals surface area contributed by atoms with Gasteiger partial charge in [0.15, 0.2) is 0 Å². The summed E-state index contributed by atoms with van der Waals surface area (Å²) in [7, 11) is 1.67. The third-order valence-corrected chi connectivity index (χ3v) is 4.50. The lowest BCUT2D eigenvalue weighted by atomic mass is 9.97. The lowest BCUT2D eigenvalue weighted by Gasteiger charge is -2.18. The van der Waals surface area contributed by atoms with Crippen LogP contribution in [-0.4, -0.2) is 7.11 Å². The Hall–Kier alpha value is -1.07. The fourth-order valence-corrected chi connectivity index (χ4v) is 2.70. The van der Waals surface area contributed by atoms with Gasteiger partial charge in [-0.3, -0.25) is 0 Å². The molecule has 2 rings (SSSR count). The average Bonchev–Trinajstić information content (AvgIpc) is 2.41. The van der Waals surface area contributed by atoms with Crippen LogP contribution in [0.25, 0.3) is 0 Å². The zero-order valence-corrected chi connectivity index (χ0v) is 12.6. The minimum atomic E-state index is -0.159. The molecule has 0 heterocycles. The molecular formula is C15H16INO. The van der Waals surface area contributed by atoms with E-state index in [0.29, 0.717) is 0 Å². The molecule has 0 saturated heterocycles. The molecule has 2 aromatic carbocycles. The van der Waals surface area contributed by atoms with Crippen molar-refractivity contribution in [2.75, 3.05) is 7.11 Å². The fraction of sp³-hybridized carbons (Fsp3) is 0.200. The molecule has 2 N–H and O–H groups in total. The van der Waals surface area contributed by atoms with Crippen LogP contribution in [0.1, 0.15) is 22.7 Å². The molecule has 18 heavy (non-hydrogen) atoms. The van der Waals surface area contributed by atoms with Crippen molar-refractivity contribution in [2.24, 2.45) is 5.73 Å².